The Bertz CT molecular complexity index is 559. The molecule has 21 heavy (non-hydrogen) atoms. The Morgan fingerprint density at radius 3 is 2.48 bits per heavy atom. The maximum absolute atomic E-state index is 13.1. The van der Waals surface area contributed by atoms with Crippen molar-refractivity contribution in [3.8, 4) is 0 Å². The molecule has 0 fully saturated rings. The van der Waals surface area contributed by atoms with Crippen LogP contribution >= 0.6 is 0 Å². The van der Waals surface area contributed by atoms with E-state index in [4.69, 9.17) is 0 Å². The number of carbonyl (C=O) groups excluding carboxylic acids is 2. The Balaban J connectivity index is 3.42. The lowest BCUT2D eigenvalue weighted by atomic mass is 10.1. The van der Waals surface area contributed by atoms with Gasteiger partial charge in [-0.3, -0.25) is 15.6 Å². The van der Waals surface area contributed by atoms with E-state index in [1.165, 1.54) is 13.8 Å². The zero-order valence-corrected chi connectivity index (χ0v) is 11.6. The summed E-state index contributed by atoms with van der Waals surface area (Å²) in [6.45, 7) is 3.86. The average molecular weight is 305 g/mol. The molecule has 116 valence electrons. The number of hydrogen-bond donors (Lipinski definition) is 2. The Labute approximate surface area is 118 Å². The summed E-state index contributed by atoms with van der Waals surface area (Å²) in [4.78, 5) is 26.4. The summed E-state index contributed by atoms with van der Waals surface area (Å²) in [5.74, 6) is -2.15. The lowest BCUT2D eigenvalue weighted by Gasteiger charge is -2.17. The number of pyridine rings is 1. The number of anilines is 1. The molecular formula is C12H14F3N3O3. The number of amides is 1. The third kappa shape index (κ3) is 4.33. The van der Waals surface area contributed by atoms with Crippen LogP contribution in [-0.4, -0.2) is 23.5 Å². The van der Waals surface area contributed by atoms with Gasteiger partial charge in [0.25, 0.3) is 0 Å². The molecule has 0 aliphatic carbocycles. The van der Waals surface area contributed by atoms with Crippen molar-refractivity contribution in [2.45, 2.75) is 26.9 Å². The minimum Gasteiger partial charge on any atom is -0.462 e. The summed E-state index contributed by atoms with van der Waals surface area (Å²) in [5.41, 5.74) is 2.35. The van der Waals surface area contributed by atoms with E-state index in [0.29, 0.717) is 0 Å². The zero-order chi connectivity index (χ0) is 16.2. The molecule has 1 aromatic rings. The molecule has 0 saturated heterocycles. The van der Waals surface area contributed by atoms with Gasteiger partial charge in [0.1, 0.15) is 5.56 Å². The first-order valence-electron chi connectivity index (χ1n) is 5.95. The van der Waals surface area contributed by atoms with Crippen LogP contribution in [0.5, 0.6) is 0 Å². The number of carbonyl (C=O) groups is 2. The third-order valence-electron chi connectivity index (χ3n) is 2.29. The molecule has 1 amide bonds. The Hall–Kier alpha value is -2.32. The summed E-state index contributed by atoms with van der Waals surface area (Å²) in [5, 5.41) is 0. The van der Waals surface area contributed by atoms with Crippen molar-refractivity contribution in [2.24, 2.45) is 0 Å². The highest BCUT2D eigenvalue weighted by molar-refractivity contribution is 5.97. The van der Waals surface area contributed by atoms with Crippen molar-refractivity contribution in [1.29, 1.82) is 0 Å². The number of aryl methyl sites for hydroxylation is 1. The second kappa shape index (κ2) is 6.42. The topological polar surface area (TPSA) is 80.3 Å². The fraction of sp³-hybridized carbons (Fsp3) is 0.417. The molecule has 0 unspecified atom stereocenters. The summed E-state index contributed by atoms with van der Waals surface area (Å²) in [6.07, 6.45) is -4.76. The largest absolute Gasteiger partial charge is 0.462 e. The van der Waals surface area contributed by atoms with Gasteiger partial charge in [0, 0.05) is 12.6 Å². The second-order valence-corrected chi connectivity index (χ2v) is 4.06. The van der Waals surface area contributed by atoms with E-state index < -0.39 is 35.0 Å². The van der Waals surface area contributed by atoms with Gasteiger partial charge >= 0.3 is 12.1 Å². The van der Waals surface area contributed by atoms with Crippen LogP contribution in [0.2, 0.25) is 0 Å². The van der Waals surface area contributed by atoms with Gasteiger partial charge in [-0.25, -0.2) is 9.78 Å². The van der Waals surface area contributed by atoms with Crippen LogP contribution in [-0.2, 0) is 15.7 Å². The standard InChI is InChI=1S/C12H14F3N3O3/c1-4-21-11(20)9-8(12(13,14)15)5-6(2)16-10(9)18-17-7(3)19/h5H,4H2,1-3H3,(H,16,18)(H,17,19). The average Bonchev–Trinajstić information content (AvgIpc) is 2.34. The smallest absolute Gasteiger partial charge is 0.417 e. The number of rotatable bonds is 4. The minimum atomic E-state index is -4.76. The quantitative estimate of drug-likeness (QED) is 0.657. The SMILES string of the molecule is CCOC(=O)c1c(C(F)(F)F)cc(C)nc1NNC(C)=O. The summed E-state index contributed by atoms with van der Waals surface area (Å²) in [6, 6.07) is 0.741. The molecule has 6 nitrogen and oxygen atoms in total. The van der Waals surface area contributed by atoms with Gasteiger partial charge in [-0.2, -0.15) is 13.2 Å². The van der Waals surface area contributed by atoms with Gasteiger partial charge in [0.15, 0.2) is 5.82 Å². The lowest BCUT2D eigenvalue weighted by Crippen LogP contribution is -2.30. The molecule has 0 aromatic carbocycles. The van der Waals surface area contributed by atoms with Crippen LogP contribution in [0.3, 0.4) is 0 Å². The minimum absolute atomic E-state index is 0.0308. The van der Waals surface area contributed by atoms with E-state index in [1.54, 1.807) is 0 Å². The van der Waals surface area contributed by atoms with Crippen molar-refractivity contribution >= 4 is 17.7 Å². The van der Waals surface area contributed by atoms with Crippen molar-refractivity contribution in [2.75, 3.05) is 12.0 Å². The monoisotopic (exact) mass is 305 g/mol. The van der Waals surface area contributed by atoms with Crippen LogP contribution < -0.4 is 10.9 Å². The van der Waals surface area contributed by atoms with Gasteiger partial charge in [0.2, 0.25) is 5.91 Å². The highest BCUT2D eigenvalue weighted by Gasteiger charge is 2.38. The van der Waals surface area contributed by atoms with E-state index in [-0.39, 0.29) is 12.3 Å². The molecule has 2 N–H and O–H groups in total. The number of ether oxygens (including phenoxy) is 1. The molecule has 0 radical (unpaired) electrons. The van der Waals surface area contributed by atoms with E-state index in [2.05, 4.69) is 20.6 Å². The van der Waals surface area contributed by atoms with Crippen molar-refractivity contribution in [1.82, 2.24) is 10.4 Å². The molecule has 0 aliphatic rings. The predicted octanol–water partition coefficient (Wildman–Crippen LogP) is 2.05. The number of aromatic nitrogens is 1. The third-order valence-corrected chi connectivity index (χ3v) is 2.29. The number of hydrazine groups is 1. The first-order valence-corrected chi connectivity index (χ1v) is 5.95. The summed E-state index contributed by atoms with van der Waals surface area (Å²) < 4.78 is 43.8. The van der Waals surface area contributed by atoms with Gasteiger partial charge in [-0.1, -0.05) is 0 Å². The van der Waals surface area contributed by atoms with Crippen LogP contribution in [0.15, 0.2) is 6.07 Å². The van der Waals surface area contributed by atoms with E-state index >= 15 is 0 Å². The normalized spacial score (nSPS) is 11.0. The molecule has 0 atom stereocenters. The van der Waals surface area contributed by atoms with Gasteiger partial charge in [0.05, 0.1) is 12.2 Å². The fourth-order valence-corrected chi connectivity index (χ4v) is 1.54. The molecule has 0 spiro atoms. The number of halogens is 3. The number of nitrogens with one attached hydrogen (secondary N) is 2. The Morgan fingerprint density at radius 2 is 2.00 bits per heavy atom. The van der Waals surface area contributed by atoms with Crippen molar-refractivity contribution in [3.05, 3.63) is 22.9 Å². The van der Waals surface area contributed by atoms with Crippen LogP contribution in [0.4, 0.5) is 19.0 Å². The Kier molecular flexibility index (Phi) is 5.12. The molecule has 1 aromatic heterocycles. The van der Waals surface area contributed by atoms with Gasteiger partial charge in [-0.05, 0) is 19.9 Å². The molecule has 1 heterocycles. The highest BCUT2D eigenvalue weighted by atomic mass is 19.4. The van der Waals surface area contributed by atoms with Crippen LogP contribution in [0.1, 0.15) is 35.5 Å². The molecule has 0 aliphatic heterocycles. The van der Waals surface area contributed by atoms with Crippen LogP contribution in [0, 0.1) is 6.92 Å². The Morgan fingerprint density at radius 1 is 1.38 bits per heavy atom. The lowest BCUT2D eigenvalue weighted by molar-refractivity contribution is -0.138. The highest BCUT2D eigenvalue weighted by Crippen LogP contribution is 2.35. The second-order valence-electron chi connectivity index (χ2n) is 4.06. The first-order chi connectivity index (χ1) is 9.66. The van der Waals surface area contributed by atoms with E-state index in [0.717, 1.165) is 13.0 Å². The van der Waals surface area contributed by atoms with Gasteiger partial charge < -0.3 is 4.74 Å². The predicted molar refractivity (Wildman–Crippen MR) is 67.4 cm³/mol. The van der Waals surface area contributed by atoms with Crippen LogP contribution in [0.25, 0.3) is 0 Å². The molecule has 0 saturated carbocycles. The van der Waals surface area contributed by atoms with Crippen molar-refractivity contribution < 1.29 is 27.5 Å². The fourth-order valence-electron chi connectivity index (χ4n) is 1.54. The maximum atomic E-state index is 13.1. The summed E-state index contributed by atoms with van der Waals surface area (Å²) >= 11 is 0. The van der Waals surface area contributed by atoms with E-state index in [9.17, 15) is 22.8 Å². The van der Waals surface area contributed by atoms with Gasteiger partial charge in [-0.15, -0.1) is 0 Å². The van der Waals surface area contributed by atoms with Crippen molar-refractivity contribution in [3.63, 3.8) is 0 Å². The summed E-state index contributed by atoms with van der Waals surface area (Å²) in [7, 11) is 0. The number of alkyl halides is 3. The number of nitrogens with zero attached hydrogens (tertiary/aromatic N) is 1. The van der Waals surface area contributed by atoms with E-state index in [1.807, 2.05) is 0 Å². The molecular weight excluding hydrogens is 291 g/mol. The maximum Gasteiger partial charge on any atom is 0.417 e. The first kappa shape index (κ1) is 16.7. The molecule has 1 rings (SSSR count). The number of esters is 1. The zero-order valence-electron chi connectivity index (χ0n) is 11.6. The molecule has 9 heteroatoms. The molecule has 0 bridgehead atoms. The number of hydrogen-bond acceptors (Lipinski definition) is 5.